The molecule has 0 spiro atoms. The van der Waals surface area contributed by atoms with Gasteiger partial charge in [0.2, 0.25) is 0 Å². The molecular formula is C26H25N3O4S4. The lowest BCUT2D eigenvalue weighted by atomic mass is 9.84. The summed E-state index contributed by atoms with van der Waals surface area (Å²) < 4.78 is 21.1. The van der Waals surface area contributed by atoms with Crippen LogP contribution >= 0.6 is 34.4 Å². The fraction of sp³-hybridized carbons (Fsp3) is 0.192. The van der Waals surface area contributed by atoms with E-state index in [2.05, 4.69) is 9.71 Å². The molecule has 3 atom stereocenters. The van der Waals surface area contributed by atoms with Crippen molar-refractivity contribution in [3.8, 4) is 10.4 Å². The van der Waals surface area contributed by atoms with E-state index in [0.717, 1.165) is 4.88 Å². The summed E-state index contributed by atoms with van der Waals surface area (Å²) in [5.74, 6) is -0.779. The second-order valence-corrected chi connectivity index (χ2v) is 12.0. The number of methoxy groups -OCH3 is 1. The Bertz CT molecular complexity index is 1390. The Morgan fingerprint density at radius 3 is 2.51 bits per heavy atom. The summed E-state index contributed by atoms with van der Waals surface area (Å²) in [4.78, 5) is 32.2. The van der Waals surface area contributed by atoms with Crippen LogP contribution in [0.2, 0.25) is 0 Å². The molecule has 7 nitrogen and oxygen atoms in total. The summed E-state index contributed by atoms with van der Waals surface area (Å²) in [5, 5.41) is 3.56. The number of thiophene rings is 1. The van der Waals surface area contributed by atoms with Gasteiger partial charge in [0.25, 0.3) is 0 Å². The molecule has 3 N–H and O–H groups in total. The van der Waals surface area contributed by atoms with Crippen molar-refractivity contribution in [2.45, 2.75) is 22.1 Å². The number of rotatable bonds is 11. The maximum atomic E-state index is 13.9. The molecule has 37 heavy (non-hydrogen) atoms. The quantitative estimate of drug-likeness (QED) is 0.185. The first-order valence-corrected chi connectivity index (χ1v) is 15.3. The van der Waals surface area contributed by atoms with Gasteiger partial charge in [-0.15, -0.1) is 22.7 Å². The summed E-state index contributed by atoms with van der Waals surface area (Å²) >= 11 is 4.09. The van der Waals surface area contributed by atoms with Crippen LogP contribution in [0.1, 0.15) is 22.3 Å². The molecule has 0 radical (unpaired) electrons. The standard InChI is InChI=1S/C26H25N3O4S4/c1-33-24(31)26(27,17-8-4-3-5-9-17)16-20(34-2)22(30)18-10-6-7-11-19(18)23-21(12-14-35-23)37(32)29-25-28-13-15-36-25/h3-15,20H,16,27H2,1-2H3,(H,28,29)/t20?,26-,37?/m1/s1. The molecule has 4 aromatic rings. The molecule has 0 bridgehead atoms. The number of ketones is 1. The molecule has 2 unspecified atom stereocenters. The first kappa shape index (κ1) is 27.2. The molecule has 11 heteroatoms. The van der Waals surface area contributed by atoms with Crippen LogP contribution in [-0.2, 0) is 26.1 Å². The van der Waals surface area contributed by atoms with Crippen LogP contribution in [0, 0.1) is 0 Å². The molecule has 2 heterocycles. The lowest BCUT2D eigenvalue weighted by Crippen LogP contribution is -2.48. The number of aromatic nitrogens is 1. The van der Waals surface area contributed by atoms with Crippen molar-refractivity contribution < 1.29 is 18.5 Å². The Morgan fingerprint density at radius 2 is 1.84 bits per heavy atom. The highest BCUT2D eigenvalue weighted by molar-refractivity contribution is 8.00. The van der Waals surface area contributed by atoms with E-state index in [4.69, 9.17) is 10.5 Å². The van der Waals surface area contributed by atoms with Gasteiger partial charge < -0.3 is 10.5 Å². The normalized spacial score (nSPS) is 14.4. The Hall–Kier alpha value is -2.83. The van der Waals surface area contributed by atoms with Crippen molar-refractivity contribution in [1.82, 2.24) is 4.98 Å². The number of nitrogens with one attached hydrogen (secondary N) is 1. The number of ether oxygens (including phenoxy) is 1. The number of carbonyl (C=O) groups excluding carboxylic acids is 2. The van der Waals surface area contributed by atoms with E-state index in [0.29, 0.717) is 26.7 Å². The van der Waals surface area contributed by atoms with Gasteiger partial charge in [-0.1, -0.05) is 54.6 Å². The number of carbonyl (C=O) groups is 2. The average Bonchev–Trinajstić information content (AvgIpc) is 3.63. The smallest absolute Gasteiger partial charge is 0.330 e. The number of hydrogen-bond acceptors (Lipinski definition) is 9. The highest BCUT2D eigenvalue weighted by atomic mass is 32.2. The number of nitrogens with zero attached hydrogens (tertiary/aromatic N) is 1. The minimum absolute atomic E-state index is 0.0485. The zero-order valence-corrected chi connectivity index (χ0v) is 23.3. The number of anilines is 1. The van der Waals surface area contributed by atoms with Crippen LogP contribution in [0.15, 0.2) is 82.5 Å². The van der Waals surface area contributed by atoms with Gasteiger partial charge in [0, 0.05) is 22.7 Å². The predicted molar refractivity (Wildman–Crippen MR) is 152 cm³/mol. The van der Waals surface area contributed by atoms with E-state index < -0.39 is 27.7 Å². The summed E-state index contributed by atoms with van der Waals surface area (Å²) in [6, 6.07) is 17.9. The van der Waals surface area contributed by atoms with Crippen molar-refractivity contribution in [3.63, 3.8) is 0 Å². The average molecular weight is 572 g/mol. The fourth-order valence-electron chi connectivity index (χ4n) is 3.93. The van der Waals surface area contributed by atoms with Gasteiger partial charge in [-0.2, -0.15) is 11.8 Å². The first-order valence-electron chi connectivity index (χ1n) is 11.1. The Labute approximate surface area is 230 Å². The SMILES string of the molecule is COC(=O)[C@@](N)(CC(SC)C(=O)c1ccccc1-c1sccc1S(=O)Nc1nccs1)c1ccccc1. The van der Waals surface area contributed by atoms with Gasteiger partial charge >= 0.3 is 5.97 Å². The lowest BCUT2D eigenvalue weighted by molar-refractivity contribution is -0.147. The van der Waals surface area contributed by atoms with E-state index in [9.17, 15) is 13.8 Å². The van der Waals surface area contributed by atoms with E-state index in [1.807, 2.05) is 29.8 Å². The molecule has 0 aliphatic rings. The lowest BCUT2D eigenvalue weighted by Gasteiger charge is -2.30. The zero-order chi connectivity index (χ0) is 26.4. The third-order valence-electron chi connectivity index (χ3n) is 5.80. The van der Waals surface area contributed by atoms with Crippen LogP contribution in [0.3, 0.4) is 0 Å². The van der Waals surface area contributed by atoms with Crippen LogP contribution in [0.25, 0.3) is 10.4 Å². The van der Waals surface area contributed by atoms with Gasteiger partial charge in [-0.3, -0.25) is 9.52 Å². The number of hydrogen-bond donors (Lipinski definition) is 2. The molecule has 0 amide bonds. The third kappa shape index (κ3) is 5.86. The van der Waals surface area contributed by atoms with E-state index in [1.165, 1.54) is 41.5 Å². The van der Waals surface area contributed by atoms with Crippen LogP contribution < -0.4 is 10.5 Å². The number of nitrogens with two attached hydrogens (primary N) is 1. The summed E-state index contributed by atoms with van der Waals surface area (Å²) in [6.45, 7) is 0. The molecule has 0 aliphatic carbocycles. The van der Waals surface area contributed by atoms with Crippen molar-refractivity contribution in [2.24, 2.45) is 5.73 Å². The molecule has 0 aliphatic heterocycles. The zero-order valence-electron chi connectivity index (χ0n) is 20.1. The second-order valence-electron chi connectivity index (χ2n) is 7.99. The van der Waals surface area contributed by atoms with Crippen molar-refractivity contribution in [2.75, 3.05) is 18.1 Å². The minimum atomic E-state index is -1.57. The summed E-state index contributed by atoms with van der Waals surface area (Å²) in [7, 11) is -0.277. The van der Waals surface area contributed by atoms with Crippen LogP contribution in [0.4, 0.5) is 5.13 Å². The molecule has 0 fully saturated rings. The van der Waals surface area contributed by atoms with Gasteiger partial charge in [0.1, 0.15) is 5.54 Å². The van der Waals surface area contributed by atoms with Crippen LogP contribution in [0.5, 0.6) is 0 Å². The molecule has 4 rings (SSSR count). The minimum Gasteiger partial charge on any atom is -0.467 e. The summed E-state index contributed by atoms with van der Waals surface area (Å²) in [6.07, 6.45) is 3.50. The Morgan fingerprint density at radius 1 is 1.11 bits per heavy atom. The maximum absolute atomic E-state index is 13.9. The Balaban J connectivity index is 1.68. The topological polar surface area (TPSA) is 111 Å². The highest BCUT2D eigenvalue weighted by Gasteiger charge is 2.41. The van der Waals surface area contributed by atoms with Crippen LogP contribution in [-0.4, -0.2) is 39.6 Å². The molecular weight excluding hydrogens is 547 g/mol. The van der Waals surface area contributed by atoms with Gasteiger partial charge in [-0.05, 0) is 29.7 Å². The van der Waals surface area contributed by atoms with Crippen molar-refractivity contribution in [3.05, 3.63) is 88.7 Å². The molecule has 0 saturated carbocycles. The number of Topliss-reactive ketones (excluding diaryl/α,β-unsaturated/α-hetero) is 1. The predicted octanol–water partition coefficient (Wildman–Crippen LogP) is 5.34. The highest BCUT2D eigenvalue weighted by Crippen LogP contribution is 2.37. The number of esters is 1. The van der Waals surface area contributed by atoms with Crippen molar-refractivity contribution >= 4 is 62.3 Å². The van der Waals surface area contributed by atoms with E-state index in [-0.39, 0.29) is 12.2 Å². The van der Waals surface area contributed by atoms with Gasteiger partial charge in [0.15, 0.2) is 21.9 Å². The number of benzene rings is 2. The molecule has 0 saturated heterocycles. The maximum Gasteiger partial charge on any atom is 0.330 e. The van der Waals surface area contributed by atoms with Gasteiger partial charge in [-0.25, -0.2) is 14.0 Å². The second kappa shape index (κ2) is 12.1. The molecule has 2 aromatic carbocycles. The molecule has 192 valence electrons. The fourth-order valence-corrected chi connectivity index (χ4v) is 7.57. The Kier molecular flexibility index (Phi) is 8.93. The number of thioether (sulfide) groups is 1. The number of thiazole rings is 1. The van der Waals surface area contributed by atoms with Gasteiger partial charge in [0.05, 0.1) is 22.1 Å². The van der Waals surface area contributed by atoms with E-state index >= 15 is 0 Å². The summed E-state index contributed by atoms with van der Waals surface area (Å²) in [5.41, 5.74) is 6.85. The van der Waals surface area contributed by atoms with Crippen molar-refractivity contribution in [1.29, 1.82) is 0 Å². The first-order chi connectivity index (χ1) is 17.9. The monoisotopic (exact) mass is 571 g/mol. The third-order valence-corrected chi connectivity index (χ3v) is 9.76. The molecule has 2 aromatic heterocycles. The van der Waals surface area contributed by atoms with E-state index in [1.54, 1.807) is 54.0 Å². The largest absolute Gasteiger partial charge is 0.467 e.